The van der Waals surface area contributed by atoms with Gasteiger partial charge in [-0.25, -0.2) is 0 Å². The lowest BCUT2D eigenvalue weighted by Gasteiger charge is -2.06. The van der Waals surface area contributed by atoms with Crippen molar-refractivity contribution >= 4 is 17.3 Å². The number of nitrogens with zero attached hydrogens (tertiary/aromatic N) is 1. The zero-order chi connectivity index (χ0) is 12.0. The number of benzene rings is 1. The summed E-state index contributed by atoms with van der Waals surface area (Å²) in [7, 11) is 0. The van der Waals surface area contributed by atoms with Gasteiger partial charge >= 0.3 is 5.69 Å². The summed E-state index contributed by atoms with van der Waals surface area (Å²) < 4.78 is 5.36. The van der Waals surface area contributed by atoms with Gasteiger partial charge in [0.15, 0.2) is 5.75 Å². The van der Waals surface area contributed by atoms with Gasteiger partial charge in [-0.2, -0.15) is 0 Å². The molecular weight excluding hydrogens is 230 g/mol. The van der Waals surface area contributed by atoms with E-state index in [9.17, 15) is 10.1 Å². The Bertz CT molecular complexity index is 368. The molecule has 0 saturated heterocycles. The van der Waals surface area contributed by atoms with Crippen molar-refractivity contribution in [3.63, 3.8) is 0 Å². The van der Waals surface area contributed by atoms with Crippen LogP contribution in [0.3, 0.4) is 0 Å². The number of hydrogen-bond acceptors (Lipinski definition) is 3. The Kier molecular flexibility index (Phi) is 5.05. The van der Waals surface area contributed by atoms with Crippen LogP contribution >= 0.6 is 11.6 Å². The van der Waals surface area contributed by atoms with E-state index in [-0.39, 0.29) is 16.5 Å². The van der Waals surface area contributed by atoms with Gasteiger partial charge in [0.25, 0.3) is 0 Å². The van der Waals surface area contributed by atoms with E-state index in [2.05, 4.69) is 6.92 Å². The van der Waals surface area contributed by atoms with Gasteiger partial charge in [-0.15, -0.1) is 0 Å². The summed E-state index contributed by atoms with van der Waals surface area (Å²) in [6.45, 7) is 2.57. The Morgan fingerprint density at radius 2 is 2.19 bits per heavy atom. The number of rotatable bonds is 6. The van der Waals surface area contributed by atoms with E-state index in [4.69, 9.17) is 16.3 Å². The van der Waals surface area contributed by atoms with Crippen LogP contribution in [0.15, 0.2) is 18.2 Å². The van der Waals surface area contributed by atoms with Crippen LogP contribution in [0, 0.1) is 10.1 Å². The average molecular weight is 244 g/mol. The molecule has 16 heavy (non-hydrogen) atoms. The minimum atomic E-state index is -0.516. The molecule has 0 heterocycles. The van der Waals surface area contributed by atoms with Crippen molar-refractivity contribution in [3.8, 4) is 5.75 Å². The largest absolute Gasteiger partial charge is 0.487 e. The Labute approximate surface area is 99.3 Å². The maximum Gasteiger partial charge on any atom is 0.329 e. The topological polar surface area (TPSA) is 52.4 Å². The third-order valence-corrected chi connectivity index (χ3v) is 2.44. The average Bonchev–Trinajstić information content (AvgIpc) is 2.24. The van der Waals surface area contributed by atoms with Gasteiger partial charge in [-0.05, 0) is 18.6 Å². The first-order valence-electron chi connectivity index (χ1n) is 5.22. The fraction of sp³-hybridized carbons (Fsp3) is 0.455. The molecule has 0 aliphatic carbocycles. The number of halogens is 1. The second kappa shape index (κ2) is 6.33. The van der Waals surface area contributed by atoms with Crippen molar-refractivity contribution in [2.45, 2.75) is 26.2 Å². The van der Waals surface area contributed by atoms with E-state index in [1.165, 1.54) is 6.07 Å². The fourth-order valence-corrected chi connectivity index (χ4v) is 1.56. The summed E-state index contributed by atoms with van der Waals surface area (Å²) in [4.78, 5) is 10.3. The molecule has 0 aromatic heterocycles. The molecule has 1 rings (SSSR count). The predicted molar refractivity (Wildman–Crippen MR) is 63.1 cm³/mol. The molecular formula is C11H14ClNO3. The lowest BCUT2D eigenvalue weighted by molar-refractivity contribution is -0.385. The SMILES string of the molecule is CCCCCOc1cccc(Cl)c1[N+](=O)[O-]. The zero-order valence-corrected chi connectivity index (χ0v) is 9.87. The molecule has 0 N–H and O–H groups in total. The molecule has 0 atom stereocenters. The number of ether oxygens (including phenoxy) is 1. The van der Waals surface area contributed by atoms with Gasteiger partial charge in [-0.3, -0.25) is 10.1 Å². The van der Waals surface area contributed by atoms with Crippen LogP contribution in [0.4, 0.5) is 5.69 Å². The van der Waals surface area contributed by atoms with Crippen LogP contribution in [0.1, 0.15) is 26.2 Å². The Balaban J connectivity index is 2.71. The van der Waals surface area contributed by atoms with E-state index in [1.54, 1.807) is 12.1 Å². The molecule has 0 amide bonds. The van der Waals surface area contributed by atoms with Crippen molar-refractivity contribution in [2.75, 3.05) is 6.61 Å². The summed E-state index contributed by atoms with van der Waals surface area (Å²) in [5.41, 5.74) is -0.152. The Hall–Kier alpha value is -1.29. The summed E-state index contributed by atoms with van der Waals surface area (Å²) in [5.74, 6) is 0.244. The maximum atomic E-state index is 10.8. The molecule has 0 unspecified atom stereocenters. The smallest absolute Gasteiger partial charge is 0.329 e. The summed E-state index contributed by atoms with van der Waals surface area (Å²) in [6.07, 6.45) is 3.02. The van der Waals surface area contributed by atoms with E-state index < -0.39 is 4.92 Å². The quantitative estimate of drug-likeness (QED) is 0.434. The minimum Gasteiger partial charge on any atom is -0.487 e. The standard InChI is InChI=1S/C11H14ClNO3/c1-2-3-4-8-16-10-7-5-6-9(12)11(10)13(14)15/h5-7H,2-4,8H2,1H3. The van der Waals surface area contributed by atoms with Crippen LogP contribution in [-0.4, -0.2) is 11.5 Å². The molecule has 0 fully saturated rings. The lowest BCUT2D eigenvalue weighted by atomic mass is 10.2. The number of nitro benzene ring substituents is 1. The van der Waals surface area contributed by atoms with Crippen molar-refractivity contribution in [1.82, 2.24) is 0 Å². The predicted octanol–water partition coefficient (Wildman–Crippen LogP) is 3.82. The highest BCUT2D eigenvalue weighted by Gasteiger charge is 2.19. The third-order valence-electron chi connectivity index (χ3n) is 2.14. The molecule has 0 spiro atoms. The van der Waals surface area contributed by atoms with Crippen LogP contribution in [-0.2, 0) is 0 Å². The molecule has 0 radical (unpaired) electrons. The second-order valence-electron chi connectivity index (χ2n) is 3.40. The second-order valence-corrected chi connectivity index (χ2v) is 3.81. The number of para-hydroxylation sites is 1. The molecule has 0 bridgehead atoms. The summed E-state index contributed by atoms with van der Waals surface area (Å²) in [6, 6.07) is 4.69. The van der Waals surface area contributed by atoms with Gasteiger partial charge in [-0.1, -0.05) is 37.4 Å². The van der Waals surface area contributed by atoms with Crippen molar-refractivity contribution in [2.24, 2.45) is 0 Å². The maximum absolute atomic E-state index is 10.8. The third kappa shape index (κ3) is 3.38. The first-order valence-corrected chi connectivity index (χ1v) is 5.60. The van der Waals surface area contributed by atoms with Crippen LogP contribution < -0.4 is 4.74 Å². The molecule has 1 aromatic rings. The van der Waals surface area contributed by atoms with Crippen LogP contribution in [0.5, 0.6) is 5.75 Å². The number of nitro groups is 1. The highest BCUT2D eigenvalue weighted by Crippen LogP contribution is 2.34. The molecule has 4 nitrogen and oxygen atoms in total. The number of hydrogen-bond donors (Lipinski definition) is 0. The molecule has 1 aromatic carbocycles. The summed E-state index contributed by atoms with van der Waals surface area (Å²) in [5, 5.41) is 10.9. The van der Waals surface area contributed by atoms with Gasteiger partial charge in [0, 0.05) is 0 Å². The highest BCUT2D eigenvalue weighted by atomic mass is 35.5. The van der Waals surface area contributed by atoms with Gasteiger partial charge < -0.3 is 4.74 Å². The van der Waals surface area contributed by atoms with Gasteiger partial charge in [0.05, 0.1) is 11.5 Å². The van der Waals surface area contributed by atoms with Crippen LogP contribution in [0.2, 0.25) is 5.02 Å². The van der Waals surface area contributed by atoms with E-state index >= 15 is 0 Å². The molecule has 5 heteroatoms. The van der Waals surface area contributed by atoms with Gasteiger partial charge in [0.2, 0.25) is 0 Å². The van der Waals surface area contributed by atoms with E-state index in [0.29, 0.717) is 6.61 Å². The first-order chi connectivity index (χ1) is 7.66. The molecule has 0 aliphatic heterocycles. The lowest BCUT2D eigenvalue weighted by Crippen LogP contribution is -2.00. The van der Waals surface area contributed by atoms with Crippen molar-refractivity contribution < 1.29 is 9.66 Å². The van der Waals surface area contributed by atoms with Crippen molar-refractivity contribution in [3.05, 3.63) is 33.3 Å². The fourth-order valence-electron chi connectivity index (χ4n) is 1.32. The Morgan fingerprint density at radius 1 is 1.44 bits per heavy atom. The highest BCUT2D eigenvalue weighted by molar-refractivity contribution is 6.32. The summed E-state index contributed by atoms with van der Waals surface area (Å²) >= 11 is 5.74. The van der Waals surface area contributed by atoms with E-state index in [0.717, 1.165) is 19.3 Å². The minimum absolute atomic E-state index is 0.109. The Morgan fingerprint density at radius 3 is 2.81 bits per heavy atom. The normalized spacial score (nSPS) is 10.1. The van der Waals surface area contributed by atoms with Crippen molar-refractivity contribution in [1.29, 1.82) is 0 Å². The number of unbranched alkanes of at least 4 members (excludes halogenated alkanes) is 2. The zero-order valence-electron chi connectivity index (χ0n) is 9.11. The molecule has 0 aliphatic rings. The van der Waals surface area contributed by atoms with E-state index in [1.807, 2.05) is 0 Å². The monoisotopic (exact) mass is 243 g/mol. The molecule has 88 valence electrons. The first kappa shape index (κ1) is 12.8. The molecule has 0 saturated carbocycles. The van der Waals surface area contributed by atoms with Crippen LogP contribution in [0.25, 0.3) is 0 Å². The van der Waals surface area contributed by atoms with Gasteiger partial charge in [0.1, 0.15) is 5.02 Å².